The molecule has 2 aliphatic rings. The van der Waals surface area contributed by atoms with Crippen LogP contribution in [0.4, 0.5) is 10.8 Å². The Morgan fingerprint density at radius 1 is 1.30 bits per heavy atom. The molecule has 2 fully saturated rings. The first-order valence-electron chi connectivity index (χ1n) is 9.63. The highest BCUT2D eigenvalue weighted by Crippen LogP contribution is 2.30. The van der Waals surface area contributed by atoms with Crippen molar-refractivity contribution in [1.29, 1.82) is 0 Å². The first-order valence-corrected chi connectivity index (χ1v) is 12.9. The van der Waals surface area contributed by atoms with Gasteiger partial charge in [0.15, 0.2) is 4.34 Å². The smallest absolute Gasteiger partial charge is 0.243 e. The summed E-state index contributed by atoms with van der Waals surface area (Å²) in [5.74, 6) is -0.0669. The highest BCUT2D eigenvalue weighted by molar-refractivity contribution is 8.01. The predicted molar refractivity (Wildman–Crippen MR) is 117 cm³/mol. The van der Waals surface area contributed by atoms with Crippen molar-refractivity contribution in [3.63, 3.8) is 0 Å². The van der Waals surface area contributed by atoms with Gasteiger partial charge in [0.25, 0.3) is 0 Å². The van der Waals surface area contributed by atoms with Crippen LogP contribution in [0.3, 0.4) is 0 Å². The van der Waals surface area contributed by atoms with Gasteiger partial charge in [-0.05, 0) is 37.5 Å². The number of carbonyl (C=O) groups is 1. The van der Waals surface area contributed by atoms with Gasteiger partial charge in [0.1, 0.15) is 0 Å². The second kappa shape index (κ2) is 9.18. The van der Waals surface area contributed by atoms with Crippen LogP contribution in [0.15, 0.2) is 27.4 Å². The number of aromatic nitrogens is 2. The maximum absolute atomic E-state index is 13.0. The lowest BCUT2D eigenvalue weighted by atomic mass is 10.2. The molecule has 0 unspecified atom stereocenters. The van der Waals surface area contributed by atoms with Gasteiger partial charge in [-0.25, -0.2) is 8.42 Å². The quantitative estimate of drug-likeness (QED) is 0.566. The van der Waals surface area contributed by atoms with E-state index in [2.05, 4.69) is 20.8 Å². The summed E-state index contributed by atoms with van der Waals surface area (Å²) in [6.45, 7) is 3.17. The number of ether oxygens (including phenoxy) is 1. The number of nitrogens with zero attached hydrogens (tertiary/aromatic N) is 3. The molecule has 9 nitrogen and oxygen atoms in total. The van der Waals surface area contributed by atoms with E-state index in [1.54, 1.807) is 19.1 Å². The van der Waals surface area contributed by atoms with E-state index in [1.807, 2.05) is 0 Å². The fourth-order valence-corrected chi connectivity index (χ4v) is 6.22. The van der Waals surface area contributed by atoms with Crippen LogP contribution >= 0.6 is 23.1 Å². The van der Waals surface area contributed by atoms with Gasteiger partial charge in [0, 0.05) is 24.8 Å². The van der Waals surface area contributed by atoms with Gasteiger partial charge in [-0.3, -0.25) is 4.79 Å². The van der Waals surface area contributed by atoms with Gasteiger partial charge < -0.3 is 15.4 Å². The minimum atomic E-state index is -3.64. The molecule has 1 aromatic carbocycles. The summed E-state index contributed by atoms with van der Waals surface area (Å²) in [6.07, 6.45) is 2.31. The number of benzene rings is 1. The molecule has 12 heteroatoms. The lowest BCUT2D eigenvalue weighted by Crippen LogP contribution is -2.40. The van der Waals surface area contributed by atoms with Gasteiger partial charge in [-0.15, -0.1) is 10.2 Å². The van der Waals surface area contributed by atoms with Crippen molar-refractivity contribution in [3.05, 3.63) is 23.8 Å². The van der Waals surface area contributed by atoms with Crippen molar-refractivity contribution in [1.82, 2.24) is 14.5 Å². The van der Waals surface area contributed by atoms with Gasteiger partial charge in [-0.1, -0.05) is 29.2 Å². The topological polar surface area (TPSA) is 114 Å². The van der Waals surface area contributed by atoms with Crippen molar-refractivity contribution >= 4 is 49.8 Å². The summed E-state index contributed by atoms with van der Waals surface area (Å²) in [5.41, 5.74) is 1.09. The van der Waals surface area contributed by atoms with E-state index in [0.717, 1.165) is 18.0 Å². The Kier molecular flexibility index (Phi) is 6.58. The molecular formula is C18H23N5O4S3. The second-order valence-electron chi connectivity index (χ2n) is 7.13. The molecule has 2 heterocycles. The maximum Gasteiger partial charge on any atom is 0.243 e. The second-order valence-corrected chi connectivity index (χ2v) is 11.2. The van der Waals surface area contributed by atoms with Crippen molar-refractivity contribution in [3.8, 4) is 0 Å². The Morgan fingerprint density at radius 3 is 2.80 bits per heavy atom. The van der Waals surface area contributed by atoms with E-state index < -0.39 is 10.0 Å². The molecule has 1 saturated carbocycles. The van der Waals surface area contributed by atoms with Gasteiger partial charge in [0.2, 0.25) is 21.1 Å². The molecule has 1 aliphatic carbocycles. The molecule has 0 radical (unpaired) electrons. The molecule has 0 spiro atoms. The summed E-state index contributed by atoms with van der Waals surface area (Å²) < 4.78 is 33.3. The minimum Gasteiger partial charge on any atom is -0.379 e. The van der Waals surface area contributed by atoms with Crippen LogP contribution < -0.4 is 10.6 Å². The van der Waals surface area contributed by atoms with Crippen LogP contribution in [0.2, 0.25) is 0 Å². The fraction of sp³-hybridized carbons (Fsp3) is 0.500. The summed E-state index contributed by atoms with van der Waals surface area (Å²) in [4.78, 5) is 12.6. The fourth-order valence-electron chi connectivity index (χ4n) is 2.93. The van der Waals surface area contributed by atoms with Crippen LogP contribution in [-0.2, 0) is 19.6 Å². The number of amides is 1. The number of hydrogen-bond acceptors (Lipinski definition) is 9. The van der Waals surface area contributed by atoms with Crippen LogP contribution in [0.1, 0.15) is 18.4 Å². The molecule has 162 valence electrons. The zero-order chi connectivity index (χ0) is 21.1. The lowest BCUT2D eigenvalue weighted by Gasteiger charge is -2.26. The molecule has 1 aromatic heterocycles. The van der Waals surface area contributed by atoms with E-state index >= 15 is 0 Å². The number of thioether (sulfide) groups is 1. The van der Waals surface area contributed by atoms with Crippen molar-refractivity contribution in [2.45, 2.75) is 35.0 Å². The van der Waals surface area contributed by atoms with Gasteiger partial charge in [-0.2, -0.15) is 4.31 Å². The van der Waals surface area contributed by atoms with Crippen LogP contribution in [-0.4, -0.2) is 66.9 Å². The van der Waals surface area contributed by atoms with Crippen molar-refractivity contribution in [2.75, 3.05) is 42.7 Å². The zero-order valence-corrected chi connectivity index (χ0v) is 18.9. The Balaban J connectivity index is 1.37. The number of anilines is 2. The first kappa shape index (κ1) is 21.5. The Hall–Kier alpha value is -1.73. The highest BCUT2D eigenvalue weighted by atomic mass is 32.2. The highest BCUT2D eigenvalue weighted by Gasteiger charge is 2.28. The minimum absolute atomic E-state index is 0.164. The third-order valence-electron chi connectivity index (χ3n) is 4.70. The number of nitrogens with one attached hydrogen (secondary N) is 2. The average molecular weight is 470 g/mol. The number of rotatable bonds is 8. The van der Waals surface area contributed by atoms with Crippen LogP contribution in [0.5, 0.6) is 0 Å². The molecule has 30 heavy (non-hydrogen) atoms. The third-order valence-corrected chi connectivity index (χ3v) is 8.73. The number of morpholine rings is 1. The zero-order valence-electron chi connectivity index (χ0n) is 16.5. The molecule has 2 aromatic rings. The normalized spacial score (nSPS) is 17.6. The van der Waals surface area contributed by atoms with Gasteiger partial charge >= 0.3 is 0 Å². The Labute approximate surface area is 183 Å². The largest absolute Gasteiger partial charge is 0.379 e. The van der Waals surface area contributed by atoms with E-state index in [-0.39, 0.29) is 16.6 Å². The summed E-state index contributed by atoms with van der Waals surface area (Å²) in [7, 11) is -3.64. The first-order chi connectivity index (χ1) is 14.4. The van der Waals surface area contributed by atoms with E-state index in [1.165, 1.54) is 33.5 Å². The van der Waals surface area contributed by atoms with Crippen LogP contribution in [0, 0.1) is 6.92 Å². The standard InChI is InChI=1S/C18H23N5O4S3/c1-12-2-3-14(10-15(12)30(25,26)23-6-8-27-9-7-23)19-16(24)11-28-18-22-21-17(29-18)20-13-4-5-13/h2-3,10,13H,4-9,11H2,1H3,(H,19,24)(H,20,21). The Morgan fingerprint density at radius 2 is 2.07 bits per heavy atom. The molecule has 1 amide bonds. The van der Waals surface area contributed by atoms with E-state index in [4.69, 9.17) is 4.74 Å². The molecule has 1 saturated heterocycles. The third kappa shape index (κ3) is 5.30. The number of sulfonamides is 1. The molecule has 2 N–H and O–H groups in total. The SMILES string of the molecule is Cc1ccc(NC(=O)CSc2nnc(NC3CC3)s2)cc1S(=O)(=O)N1CCOCC1. The summed E-state index contributed by atoms with van der Waals surface area (Å²) in [5, 5.41) is 15.0. The monoisotopic (exact) mass is 469 g/mol. The molecular weight excluding hydrogens is 446 g/mol. The Bertz CT molecular complexity index is 1020. The molecule has 1 aliphatic heterocycles. The summed E-state index contributed by atoms with van der Waals surface area (Å²) in [6, 6.07) is 5.43. The molecule has 0 atom stereocenters. The van der Waals surface area contributed by atoms with Crippen LogP contribution in [0.25, 0.3) is 0 Å². The lowest BCUT2D eigenvalue weighted by molar-refractivity contribution is -0.113. The molecule has 0 bridgehead atoms. The number of aryl methyl sites for hydroxylation is 1. The number of carbonyl (C=O) groups excluding carboxylic acids is 1. The average Bonchev–Trinajstić information content (AvgIpc) is 3.44. The van der Waals surface area contributed by atoms with Crippen molar-refractivity contribution in [2.24, 2.45) is 0 Å². The van der Waals surface area contributed by atoms with E-state index in [0.29, 0.717) is 47.9 Å². The maximum atomic E-state index is 13.0. The predicted octanol–water partition coefficient (Wildman–Crippen LogP) is 2.17. The van der Waals surface area contributed by atoms with E-state index in [9.17, 15) is 13.2 Å². The summed E-state index contributed by atoms with van der Waals surface area (Å²) >= 11 is 2.73. The van der Waals surface area contributed by atoms with Crippen molar-refractivity contribution < 1.29 is 17.9 Å². The van der Waals surface area contributed by atoms with Gasteiger partial charge in [0.05, 0.1) is 23.9 Å². The number of hydrogen-bond donors (Lipinski definition) is 2. The molecule has 4 rings (SSSR count).